The van der Waals surface area contributed by atoms with Crippen molar-refractivity contribution in [2.75, 3.05) is 12.8 Å². The molecule has 0 fully saturated rings. The summed E-state index contributed by atoms with van der Waals surface area (Å²) in [5.41, 5.74) is 7.20. The highest BCUT2D eigenvalue weighted by Gasteiger charge is 2.26. The second-order valence-corrected chi connectivity index (χ2v) is 8.20. The number of rotatable bonds is 5. The normalized spacial score (nSPS) is 13.5. The zero-order valence-electron chi connectivity index (χ0n) is 12.4. The zero-order valence-corrected chi connectivity index (χ0v) is 14.0. The van der Waals surface area contributed by atoms with Gasteiger partial charge in [0.25, 0.3) is 0 Å². The molecule has 2 N–H and O–H groups in total. The molecule has 2 rings (SSSR count). The summed E-state index contributed by atoms with van der Waals surface area (Å²) in [5, 5.41) is 2.00. The van der Waals surface area contributed by atoms with Crippen LogP contribution < -0.4 is 5.73 Å². The zero-order chi connectivity index (χ0) is 15.6. The van der Waals surface area contributed by atoms with E-state index in [0.717, 1.165) is 5.56 Å². The molecule has 4 nitrogen and oxygen atoms in total. The molecule has 0 aliphatic carbocycles. The molecular weight excluding hydrogens is 304 g/mol. The van der Waals surface area contributed by atoms with E-state index in [1.165, 1.54) is 15.2 Å². The number of hydrogen-bond acceptors (Lipinski definition) is 4. The molecule has 1 atom stereocenters. The molecule has 21 heavy (non-hydrogen) atoms. The molecule has 114 valence electrons. The van der Waals surface area contributed by atoms with E-state index >= 15 is 0 Å². The Hall–Kier alpha value is -1.37. The Morgan fingerprint density at radius 3 is 2.62 bits per heavy atom. The summed E-state index contributed by atoms with van der Waals surface area (Å²) >= 11 is 1.64. The van der Waals surface area contributed by atoms with Gasteiger partial charge in [0.15, 0.2) is 0 Å². The van der Waals surface area contributed by atoms with Gasteiger partial charge in [0.05, 0.1) is 4.90 Å². The Labute approximate surface area is 130 Å². The van der Waals surface area contributed by atoms with Crippen molar-refractivity contribution in [2.45, 2.75) is 31.2 Å². The predicted octanol–water partition coefficient (Wildman–Crippen LogP) is 2.89. The number of anilines is 1. The van der Waals surface area contributed by atoms with E-state index in [0.29, 0.717) is 12.1 Å². The molecular formula is C15H20N2O2S2. The fraction of sp³-hybridized carbons (Fsp3) is 0.333. The number of benzene rings is 1. The first-order valence-corrected chi connectivity index (χ1v) is 9.01. The average molecular weight is 324 g/mol. The first kappa shape index (κ1) is 16.0. The van der Waals surface area contributed by atoms with Crippen molar-refractivity contribution in [3.05, 3.63) is 46.2 Å². The fourth-order valence-electron chi connectivity index (χ4n) is 2.03. The van der Waals surface area contributed by atoms with Crippen molar-refractivity contribution < 1.29 is 8.42 Å². The van der Waals surface area contributed by atoms with Crippen LogP contribution in [0.25, 0.3) is 0 Å². The van der Waals surface area contributed by atoms with E-state index in [1.807, 2.05) is 31.4 Å². The highest BCUT2D eigenvalue weighted by atomic mass is 32.2. The minimum absolute atomic E-state index is 0.115. The summed E-state index contributed by atoms with van der Waals surface area (Å²) < 4.78 is 26.7. The van der Waals surface area contributed by atoms with Crippen molar-refractivity contribution in [2.24, 2.45) is 0 Å². The van der Waals surface area contributed by atoms with E-state index in [9.17, 15) is 8.42 Å². The maximum atomic E-state index is 12.6. The molecule has 2 aromatic rings. The molecule has 0 amide bonds. The molecule has 0 saturated carbocycles. The van der Waals surface area contributed by atoms with Gasteiger partial charge in [0.1, 0.15) is 0 Å². The van der Waals surface area contributed by atoms with Crippen LogP contribution in [-0.2, 0) is 16.4 Å². The Morgan fingerprint density at radius 2 is 2.05 bits per heavy atom. The largest absolute Gasteiger partial charge is 0.398 e. The lowest BCUT2D eigenvalue weighted by Gasteiger charge is -2.24. The second-order valence-electron chi connectivity index (χ2n) is 5.17. The van der Waals surface area contributed by atoms with Crippen LogP contribution in [0.4, 0.5) is 5.69 Å². The van der Waals surface area contributed by atoms with Gasteiger partial charge in [0, 0.05) is 23.7 Å². The minimum Gasteiger partial charge on any atom is -0.398 e. The number of thiophene rings is 1. The van der Waals surface area contributed by atoms with Gasteiger partial charge in [-0.25, -0.2) is 8.42 Å². The molecule has 1 unspecified atom stereocenters. The van der Waals surface area contributed by atoms with E-state index in [2.05, 4.69) is 0 Å². The highest BCUT2D eigenvalue weighted by molar-refractivity contribution is 7.89. The first-order chi connectivity index (χ1) is 9.82. The van der Waals surface area contributed by atoms with E-state index in [1.54, 1.807) is 30.5 Å². The number of nitrogens with zero attached hydrogens (tertiary/aromatic N) is 1. The highest BCUT2D eigenvalue weighted by Crippen LogP contribution is 2.23. The molecule has 1 aromatic heterocycles. The SMILES string of the molecule is Cc1ccc(S(=O)(=O)N(C)C(C)Cc2cccs2)cc1N. The number of aryl methyl sites for hydroxylation is 1. The van der Waals surface area contributed by atoms with Gasteiger partial charge in [-0.3, -0.25) is 0 Å². The molecule has 1 heterocycles. The van der Waals surface area contributed by atoms with Gasteiger partial charge in [-0.05, 0) is 49.4 Å². The van der Waals surface area contributed by atoms with Crippen molar-refractivity contribution in [3.63, 3.8) is 0 Å². The average Bonchev–Trinajstić information content (AvgIpc) is 2.93. The van der Waals surface area contributed by atoms with Gasteiger partial charge in [0.2, 0.25) is 10.0 Å². The van der Waals surface area contributed by atoms with Crippen LogP contribution in [0, 0.1) is 6.92 Å². The number of nitrogens with two attached hydrogens (primary N) is 1. The molecule has 0 radical (unpaired) electrons. The second kappa shape index (κ2) is 6.17. The van der Waals surface area contributed by atoms with Crippen LogP contribution in [0.1, 0.15) is 17.4 Å². The van der Waals surface area contributed by atoms with Gasteiger partial charge >= 0.3 is 0 Å². The van der Waals surface area contributed by atoms with Gasteiger partial charge in [-0.15, -0.1) is 11.3 Å². The standard InChI is InChI=1S/C15H20N2O2S2/c1-11-6-7-14(10-15(11)16)21(18,19)17(3)12(2)9-13-5-4-8-20-13/h4-8,10,12H,9,16H2,1-3H3. The topological polar surface area (TPSA) is 63.4 Å². The van der Waals surface area contributed by atoms with Crippen LogP contribution in [0.5, 0.6) is 0 Å². The number of sulfonamides is 1. The summed E-state index contributed by atoms with van der Waals surface area (Å²) in [7, 11) is -1.91. The van der Waals surface area contributed by atoms with E-state index in [4.69, 9.17) is 5.73 Å². The Kier molecular flexibility index (Phi) is 4.70. The van der Waals surface area contributed by atoms with Crippen molar-refractivity contribution in [1.82, 2.24) is 4.31 Å². The quantitative estimate of drug-likeness (QED) is 0.860. The smallest absolute Gasteiger partial charge is 0.243 e. The van der Waals surface area contributed by atoms with Crippen LogP contribution in [0.2, 0.25) is 0 Å². The Bertz CT molecular complexity index is 709. The molecule has 0 bridgehead atoms. The molecule has 0 spiro atoms. The van der Waals surface area contributed by atoms with E-state index in [-0.39, 0.29) is 10.9 Å². The van der Waals surface area contributed by atoms with E-state index < -0.39 is 10.0 Å². The third kappa shape index (κ3) is 3.45. The third-order valence-corrected chi connectivity index (χ3v) is 6.49. The van der Waals surface area contributed by atoms with Crippen LogP contribution >= 0.6 is 11.3 Å². The van der Waals surface area contributed by atoms with Crippen LogP contribution in [-0.4, -0.2) is 25.8 Å². The molecule has 6 heteroatoms. The monoisotopic (exact) mass is 324 g/mol. The Balaban J connectivity index is 2.23. The van der Waals surface area contributed by atoms with Crippen LogP contribution in [0.3, 0.4) is 0 Å². The fourth-order valence-corrected chi connectivity index (χ4v) is 4.25. The number of hydrogen-bond donors (Lipinski definition) is 1. The predicted molar refractivity (Wildman–Crippen MR) is 88.0 cm³/mol. The van der Waals surface area contributed by atoms with Crippen molar-refractivity contribution in [1.29, 1.82) is 0 Å². The summed E-state index contributed by atoms with van der Waals surface area (Å²) in [4.78, 5) is 1.42. The third-order valence-electron chi connectivity index (χ3n) is 3.63. The van der Waals surface area contributed by atoms with Crippen LogP contribution in [0.15, 0.2) is 40.6 Å². The molecule has 0 aliphatic rings. The van der Waals surface area contributed by atoms with Crippen molar-refractivity contribution >= 4 is 27.0 Å². The van der Waals surface area contributed by atoms with Gasteiger partial charge in [-0.1, -0.05) is 12.1 Å². The lowest BCUT2D eigenvalue weighted by Crippen LogP contribution is -2.36. The summed E-state index contributed by atoms with van der Waals surface area (Å²) in [6.07, 6.45) is 0.703. The lowest BCUT2D eigenvalue weighted by molar-refractivity contribution is 0.388. The lowest BCUT2D eigenvalue weighted by atomic mass is 10.2. The Morgan fingerprint density at radius 1 is 1.33 bits per heavy atom. The minimum atomic E-state index is -3.52. The van der Waals surface area contributed by atoms with Gasteiger partial charge < -0.3 is 5.73 Å². The van der Waals surface area contributed by atoms with Crippen molar-refractivity contribution in [3.8, 4) is 0 Å². The first-order valence-electron chi connectivity index (χ1n) is 6.69. The molecule has 0 aliphatic heterocycles. The summed E-state index contributed by atoms with van der Waals surface area (Å²) in [5.74, 6) is 0. The number of likely N-dealkylation sites (N-methyl/N-ethyl adjacent to an activating group) is 1. The maximum absolute atomic E-state index is 12.6. The molecule has 1 aromatic carbocycles. The maximum Gasteiger partial charge on any atom is 0.243 e. The van der Waals surface area contributed by atoms with Gasteiger partial charge in [-0.2, -0.15) is 4.31 Å². The number of nitrogen functional groups attached to an aromatic ring is 1. The summed E-state index contributed by atoms with van der Waals surface area (Å²) in [6, 6.07) is 8.75. The molecule has 0 saturated heterocycles. The summed E-state index contributed by atoms with van der Waals surface area (Å²) in [6.45, 7) is 3.77.